The monoisotopic (exact) mass is 642 g/mol. The fourth-order valence-electron chi connectivity index (χ4n) is 4.94. The number of esters is 5. The fourth-order valence-corrected chi connectivity index (χ4v) is 5.91. The summed E-state index contributed by atoms with van der Waals surface area (Å²) in [4.78, 5) is 61.6. The first-order valence-electron chi connectivity index (χ1n) is 13.8. The molecule has 0 aromatic heterocycles. The van der Waals surface area contributed by atoms with Crippen molar-refractivity contribution < 1.29 is 66.6 Å². The van der Waals surface area contributed by atoms with Gasteiger partial charge in [-0.2, -0.15) is 0 Å². The zero-order valence-corrected chi connectivity index (χ0v) is 26.3. The first kappa shape index (κ1) is 35.2. The highest BCUT2D eigenvalue weighted by Gasteiger charge is 2.56. The quantitative estimate of drug-likeness (QED) is 0.195. The van der Waals surface area contributed by atoms with Crippen LogP contribution in [0.2, 0.25) is 0 Å². The maximum absolute atomic E-state index is 12.3. The third-order valence-corrected chi connectivity index (χ3v) is 7.61. The second-order valence-corrected chi connectivity index (χ2v) is 11.2. The van der Waals surface area contributed by atoms with Gasteiger partial charge in [0.1, 0.15) is 12.2 Å². The molecule has 0 amide bonds. The Morgan fingerprint density at radius 1 is 0.636 bits per heavy atom. The summed E-state index contributed by atoms with van der Waals surface area (Å²) in [5.41, 5.74) is 0. The van der Waals surface area contributed by atoms with E-state index in [1.807, 2.05) is 30.3 Å². The molecule has 244 valence electrons. The van der Waals surface area contributed by atoms with Crippen molar-refractivity contribution >= 4 is 41.6 Å². The van der Waals surface area contributed by atoms with Crippen LogP contribution >= 0.6 is 11.8 Å². The van der Waals surface area contributed by atoms with Gasteiger partial charge in [0.2, 0.25) is 0 Å². The Morgan fingerprint density at radius 2 is 1.09 bits per heavy atom. The molecular formula is C29H38O14S. The molecule has 15 heteroatoms. The summed E-state index contributed by atoms with van der Waals surface area (Å²) in [6.07, 6.45) is -12.1. The average molecular weight is 643 g/mol. The molecule has 10 atom stereocenters. The number of hydrogen-bond acceptors (Lipinski definition) is 15. The number of ether oxygens (including phenoxy) is 9. The standard InChI is InChI=1S/C29H38O14S/c1-14-22(37-15(2)30)24(38-16(3)31)27(41-19(6)34)29(36-14)43-23-21(13-44-20-11-9-8-10-12-20)42-28(35-7)26(40-18(5)33)25(23)39-17(4)32/h8-12,14,21-29H,13H2,1-7H3/t14-,21+,22-,23+,24+,25-,26+,27+,28-,29-/m0/s1. The Balaban J connectivity index is 2.06. The van der Waals surface area contributed by atoms with E-state index >= 15 is 0 Å². The fraction of sp³-hybridized carbons (Fsp3) is 0.621. The second kappa shape index (κ2) is 16.2. The zero-order chi connectivity index (χ0) is 32.6. The molecule has 2 fully saturated rings. The number of thioether (sulfide) groups is 1. The summed E-state index contributed by atoms with van der Waals surface area (Å²) >= 11 is 1.41. The predicted octanol–water partition coefficient (Wildman–Crippen LogP) is 1.94. The van der Waals surface area contributed by atoms with Gasteiger partial charge in [-0.3, -0.25) is 24.0 Å². The molecular weight excluding hydrogens is 604 g/mol. The van der Waals surface area contributed by atoms with Gasteiger partial charge in [-0.05, 0) is 19.1 Å². The second-order valence-electron chi connectivity index (χ2n) is 10.1. The van der Waals surface area contributed by atoms with Crippen molar-refractivity contribution in [2.45, 2.75) is 108 Å². The number of carbonyl (C=O) groups is 5. The van der Waals surface area contributed by atoms with Gasteiger partial charge in [-0.1, -0.05) is 18.2 Å². The van der Waals surface area contributed by atoms with Gasteiger partial charge in [-0.15, -0.1) is 11.8 Å². The molecule has 3 rings (SSSR count). The average Bonchev–Trinajstić information content (AvgIpc) is 2.93. The van der Waals surface area contributed by atoms with E-state index in [0.717, 1.165) is 18.7 Å². The first-order chi connectivity index (χ1) is 20.8. The van der Waals surface area contributed by atoms with E-state index in [1.165, 1.54) is 39.6 Å². The van der Waals surface area contributed by atoms with E-state index in [9.17, 15) is 24.0 Å². The minimum Gasteiger partial charge on any atom is -0.456 e. The maximum atomic E-state index is 12.3. The van der Waals surface area contributed by atoms with Crippen LogP contribution in [0.3, 0.4) is 0 Å². The largest absolute Gasteiger partial charge is 0.456 e. The number of benzene rings is 1. The van der Waals surface area contributed by atoms with E-state index in [1.54, 1.807) is 6.92 Å². The highest BCUT2D eigenvalue weighted by Crippen LogP contribution is 2.36. The molecule has 1 aromatic rings. The molecule has 0 radical (unpaired) electrons. The zero-order valence-electron chi connectivity index (χ0n) is 25.5. The molecule has 0 spiro atoms. The van der Waals surface area contributed by atoms with Crippen LogP contribution in [0.1, 0.15) is 41.5 Å². The van der Waals surface area contributed by atoms with Gasteiger partial charge in [0.25, 0.3) is 0 Å². The molecule has 2 aliphatic heterocycles. The Hall–Kier alpha value is -3.24. The van der Waals surface area contributed by atoms with E-state index in [4.69, 9.17) is 42.6 Å². The van der Waals surface area contributed by atoms with Crippen LogP contribution in [-0.4, -0.2) is 104 Å². The summed E-state index contributed by atoms with van der Waals surface area (Å²) in [7, 11) is 1.34. The summed E-state index contributed by atoms with van der Waals surface area (Å²) in [6.45, 7) is 7.34. The summed E-state index contributed by atoms with van der Waals surface area (Å²) in [6, 6.07) is 9.38. The lowest BCUT2D eigenvalue weighted by molar-refractivity contribution is -0.351. The third kappa shape index (κ3) is 9.63. The smallest absolute Gasteiger partial charge is 0.303 e. The van der Waals surface area contributed by atoms with E-state index in [2.05, 4.69) is 0 Å². The minimum atomic E-state index is -1.46. The van der Waals surface area contributed by atoms with Gasteiger partial charge in [-0.25, -0.2) is 0 Å². The lowest BCUT2D eigenvalue weighted by atomic mass is 9.96. The molecule has 2 aliphatic rings. The number of hydrogen-bond donors (Lipinski definition) is 0. The van der Waals surface area contributed by atoms with Crippen molar-refractivity contribution in [1.82, 2.24) is 0 Å². The molecule has 2 saturated heterocycles. The highest BCUT2D eigenvalue weighted by molar-refractivity contribution is 7.99. The molecule has 2 heterocycles. The Labute approximate surface area is 259 Å². The lowest BCUT2D eigenvalue weighted by Gasteiger charge is -2.48. The SMILES string of the molecule is CO[C@H]1O[C@H](CSc2ccccc2)[C@@H](O[C@@H]2O[C@@H](C)[C@H](OC(C)=O)[C@@H](OC(C)=O)[C@H]2OC(C)=O)[C@H](OC(C)=O)[C@H]1OC(C)=O. The molecule has 0 bridgehead atoms. The molecule has 14 nitrogen and oxygen atoms in total. The topological polar surface area (TPSA) is 168 Å². The van der Waals surface area contributed by atoms with Gasteiger partial charge < -0.3 is 42.6 Å². The van der Waals surface area contributed by atoms with Crippen LogP contribution in [0.15, 0.2) is 35.2 Å². The highest BCUT2D eigenvalue weighted by atomic mass is 32.2. The number of methoxy groups -OCH3 is 1. The van der Waals surface area contributed by atoms with Crippen LogP contribution in [0.4, 0.5) is 0 Å². The van der Waals surface area contributed by atoms with Gasteiger partial charge in [0.05, 0.1) is 6.10 Å². The first-order valence-corrected chi connectivity index (χ1v) is 14.8. The van der Waals surface area contributed by atoms with Crippen LogP contribution in [0.25, 0.3) is 0 Å². The summed E-state index contributed by atoms with van der Waals surface area (Å²) < 4.78 is 51.6. The van der Waals surface area contributed by atoms with Crippen LogP contribution in [-0.2, 0) is 66.6 Å². The predicted molar refractivity (Wildman–Crippen MR) is 150 cm³/mol. The van der Waals surface area contributed by atoms with Crippen molar-refractivity contribution in [3.8, 4) is 0 Å². The Morgan fingerprint density at radius 3 is 1.59 bits per heavy atom. The van der Waals surface area contributed by atoms with Crippen molar-refractivity contribution in [2.24, 2.45) is 0 Å². The van der Waals surface area contributed by atoms with Gasteiger partial charge >= 0.3 is 29.8 Å². The minimum absolute atomic E-state index is 0.239. The molecule has 0 N–H and O–H groups in total. The summed E-state index contributed by atoms with van der Waals surface area (Å²) in [5, 5.41) is 0. The van der Waals surface area contributed by atoms with E-state index in [-0.39, 0.29) is 5.75 Å². The van der Waals surface area contributed by atoms with Gasteiger partial charge in [0, 0.05) is 52.4 Å². The van der Waals surface area contributed by atoms with Crippen LogP contribution in [0, 0.1) is 0 Å². The molecule has 0 aliphatic carbocycles. The normalized spacial score (nSPS) is 31.7. The number of rotatable bonds is 11. The van der Waals surface area contributed by atoms with Crippen molar-refractivity contribution in [3.63, 3.8) is 0 Å². The van der Waals surface area contributed by atoms with Crippen molar-refractivity contribution in [2.75, 3.05) is 12.9 Å². The Bertz CT molecular complexity index is 1160. The maximum Gasteiger partial charge on any atom is 0.303 e. The van der Waals surface area contributed by atoms with Crippen molar-refractivity contribution in [1.29, 1.82) is 0 Å². The lowest BCUT2D eigenvalue weighted by Crippen LogP contribution is -2.66. The molecule has 0 saturated carbocycles. The third-order valence-electron chi connectivity index (χ3n) is 6.51. The molecule has 0 unspecified atom stereocenters. The summed E-state index contributed by atoms with van der Waals surface area (Å²) in [5.74, 6) is -3.38. The Kier molecular flexibility index (Phi) is 13.0. The van der Waals surface area contributed by atoms with Crippen molar-refractivity contribution in [3.05, 3.63) is 30.3 Å². The van der Waals surface area contributed by atoms with E-state index in [0.29, 0.717) is 0 Å². The molecule has 44 heavy (non-hydrogen) atoms. The number of carbonyl (C=O) groups excluding carboxylic acids is 5. The van der Waals surface area contributed by atoms with Gasteiger partial charge in [0.15, 0.2) is 43.1 Å². The molecule has 1 aromatic carbocycles. The van der Waals surface area contributed by atoms with Crippen LogP contribution < -0.4 is 0 Å². The van der Waals surface area contributed by atoms with E-state index < -0.39 is 91.3 Å². The van der Waals surface area contributed by atoms with Crippen LogP contribution in [0.5, 0.6) is 0 Å².